The Morgan fingerprint density at radius 2 is 2.30 bits per heavy atom. The number of carbonyl (C=O) groups is 2. The Morgan fingerprint density at radius 1 is 1.48 bits per heavy atom. The van der Waals surface area contributed by atoms with Crippen molar-refractivity contribution in [1.82, 2.24) is 5.32 Å². The van der Waals surface area contributed by atoms with Crippen LogP contribution in [0.15, 0.2) is 52.0 Å². The van der Waals surface area contributed by atoms with Gasteiger partial charge in [-0.25, -0.2) is 4.79 Å². The Kier molecular flexibility index (Phi) is 7.40. The first-order valence-corrected chi connectivity index (χ1v) is 8.59. The third-order valence-corrected chi connectivity index (χ3v) is 4.12. The molecular formula is C19H17N3O4S. The lowest BCUT2D eigenvalue weighted by atomic mass is 10.1. The minimum absolute atomic E-state index is 0.184. The summed E-state index contributed by atoms with van der Waals surface area (Å²) in [6, 6.07) is 5.50. The molecule has 0 spiro atoms. The molecule has 2 rings (SSSR count). The Hall–Kier alpha value is -3.31. The largest absolute Gasteiger partial charge is 0.481 e. The second-order valence-electron chi connectivity index (χ2n) is 5.09. The third-order valence-electron chi connectivity index (χ3n) is 3.22. The van der Waals surface area contributed by atoms with Crippen LogP contribution in [0.2, 0.25) is 0 Å². The van der Waals surface area contributed by atoms with Crippen molar-refractivity contribution in [2.45, 2.75) is 6.42 Å². The van der Waals surface area contributed by atoms with Crippen LogP contribution in [0.5, 0.6) is 5.75 Å². The zero-order chi connectivity index (χ0) is 19.6. The number of nitrogens with one attached hydrogen (secondary N) is 1. The maximum atomic E-state index is 11.7. The van der Waals surface area contributed by atoms with E-state index in [1.165, 1.54) is 7.11 Å². The zero-order valence-corrected chi connectivity index (χ0v) is 15.4. The highest BCUT2D eigenvalue weighted by Crippen LogP contribution is 2.24. The van der Waals surface area contributed by atoms with Crippen molar-refractivity contribution in [3.63, 3.8) is 0 Å². The van der Waals surface area contributed by atoms with Gasteiger partial charge in [0, 0.05) is 6.08 Å². The molecule has 0 aromatic heterocycles. The van der Waals surface area contributed by atoms with Crippen LogP contribution in [0.25, 0.3) is 0 Å². The molecule has 7 nitrogen and oxygen atoms in total. The van der Waals surface area contributed by atoms with Crippen LogP contribution in [0.1, 0.15) is 11.1 Å². The molecule has 0 bridgehead atoms. The Bertz CT molecular complexity index is 881. The van der Waals surface area contributed by atoms with Crippen LogP contribution >= 0.6 is 11.8 Å². The SMILES string of the molecule is C#CCOc1ccc(C=N/N=C2/NC(=O)/C(=C\C(=O)OC)S2)cc1CC=C. The molecule has 0 aliphatic carbocycles. The number of ether oxygens (including phenoxy) is 2. The van der Waals surface area contributed by atoms with Crippen LogP contribution in [-0.4, -0.2) is 37.0 Å². The number of hydrogen-bond acceptors (Lipinski definition) is 7. The Labute approximate surface area is 161 Å². The molecular weight excluding hydrogens is 366 g/mol. The fourth-order valence-corrected chi connectivity index (χ4v) is 2.78. The highest BCUT2D eigenvalue weighted by atomic mass is 32.2. The fraction of sp³-hybridized carbons (Fsp3) is 0.158. The second-order valence-corrected chi connectivity index (χ2v) is 6.12. The maximum Gasteiger partial charge on any atom is 0.331 e. The number of thioether (sulfide) groups is 1. The van der Waals surface area contributed by atoms with E-state index in [4.69, 9.17) is 11.2 Å². The topological polar surface area (TPSA) is 89.4 Å². The van der Waals surface area contributed by atoms with Crippen LogP contribution in [-0.2, 0) is 20.7 Å². The number of terminal acetylenes is 1. The number of benzene rings is 1. The summed E-state index contributed by atoms with van der Waals surface area (Å²) in [6.07, 6.45) is 10.2. The molecule has 27 heavy (non-hydrogen) atoms. The van der Waals surface area contributed by atoms with Gasteiger partial charge in [0.15, 0.2) is 5.17 Å². The quantitative estimate of drug-likeness (QED) is 0.194. The van der Waals surface area contributed by atoms with E-state index in [9.17, 15) is 9.59 Å². The van der Waals surface area contributed by atoms with Crippen molar-refractivity contribution in [2.75, 3.05) is 13.7 Å². The van der Waals surface area contributed by atoms with E-state index < -0.39 is 11.9 Å². The molecule has 0 unspecified atom stereocenters. The van der Waals surface area contributed by atoms with Gasteiger partial charge in [-0.15, -0.1) is 18.1 Å². The number of methoxy groups -OCH3 is 1. The molecule has 0 atom stereocenters. The lowest BCUT2D eigenvalue weighted by Gasteiger charge is -2.08. The minimum Gasteiger partial charge on any atom is -0.481 e. The summed E-state index contributed by atoms with van der Waals surface area (Å²) in [6.45, 7) is 3.91. The van der Waals surface area contributed by atoms with E-state index in [-0.39, 0.29) is 16.7 Å². The number of nitrogens with zero attached hydrogens (tertiary/aromatic N) is 2. The molecule has 1 aliphatic rings. The molecule has 1 heterocycles. The number of amidine groups is 1. The average Bonchev–Trinajstić information content (AvgIpc) is 3.00. The summed E-state index contributed by atoms with van der Waals surface area (Å²) in [4.78, 5) is 23.1. The predicted molar refractivity (Wildman–Crippen MR) is 106 cm³/mol. The van der Waals surface area contributed by atoms with Gasteiger partial charge >= 0.3 is 5.97 Å². The normalized spacial score (nSPS) is 16.4. The van der Waals surface area contributed by atoms with Crippen molar-refractivity contribution < 1.29 is 19.1 Å². The molecule has 1 N–H and O–H groups in total. The zero-order valence-electron chi connectivity index (χ0n) is 14.6. The standard InChI is InChI=1S/C19H17N3O4S/c1-4-6-14-10-13(7-8-15(14)26-9-5-2)12-20-22-19-21-18(24)16(27-19)11-17(23)25-3/h2,4,7-8,10-12H,1,6,9H2,3H3,(H,21,22,24)/b16-11+,20-12?. The van der Waals surface area contributed by atoms with Gasteiger partial charge in [-0.2, -0.15) is 5.10 Å². The summed E-state index contributed by atoms with van der Waals surface area (Å²) < 4.78 is 9.99. The van der Waals surface area contributed by atoms with Gasteiger partial charge in [0.2, 0.25) is 0 Å². The van der Waals surface area contributed by atoms with Crippen molar-refractivity contribution >= 4 is 35.0 Å². The monoisotopic (exact) mass is 383 g/mol. The van der Waals surface area contributed by atoms with E-state index >= 15 is 0 Å². The summed E-state index contributed by atoms with van der Waals surface area (Å²) >= 11 is 1.00. The van der Waals surface area contributed by atoms with E-state index in [0.717, 1.165) is 29.0 Å². The first kappa shape index (κ1) is 20.0. The number of allylic oxidation sites excluding steroid dienone is 1. The van der Waals surface area contributed by atoms with Crippen LogP contribution in [0, 0.1) is 12.3 Å². The van der Waals surface area contributed by atoms with Gasteiger partial charge in [0.1, 0.15) is 12.4 Å². The van der Waals surface area contributed by atoms with Crippen LogP contribution in [0.3, 0.4) is 0 Å². The molecule has 8 heteroatoms. The van der Waals surface area contributed by atoms with Gasteiger partial charge in [0.05, 0.1) is 18.2 Å². The van der Waals surface area contributed by atoms with E-state index in [1.54, 1.807) is 18.4 Å². The Morgan fingerprint density at radius 3 is 3.00 bits per heavy atom. The average molecular weight is 383 g/mol. The minimum atomic E-state index is -0.612. The molecule has 1 fully saturated rings. The van der Waals surface area contributed by atoms with Crippen LogP contribution in [0.4, 0.5) is 0 Å². The van der Waals surface area contributed by atoms with Gasteiger partial charge in [-0.3, -0.25) is 10.1 Å². The van der Waals surface area contributed by atoms with Crippen molar-refractivity contribution in [3.8, 4) is 18.1 Å². The van der Waals surface area contributed by atoms with Crippen molar-refractivity contribution in [1.29, 1.82) is 0 Å². The highest BCUT2D eigenvalue weighted by Gasteiger charge is 2.24. The molecule has 1 aliphatic heterocycles. The van der Waals surface area contributed by atoms with Gasteiger partial charge < -0.3 is 9.47 Å². The van der Waals surface area contributed by atoms with Gasteiger partial charge in [-0.05, 0) is 47.5 Å². The highest BCUT2D eigenvalue weighted by molar-refractivity contribution is 8.18. The summed E-state index contributed by atoms with van der Waals surface area (Å²) in [5, 5.41) is 10.7. The number of esters is 1. The number of carbonyl (C=O) groups excluding carboxylic acids is 2. The molecule has 1 amide bonds. The molecule has 1 saturated heterocycles. The molecule has 138 valence electrons. The van der Waals surface area contributed by atoms with Crippen molar-refractivity contribution in [3.05, 3.63) is 53.0 Å². The number of amides is 1. The van der Waals surface area contributed by atoms with Gasteiger partial charge in [0.25, 0.3) is 5.91 Å². The van der Waals surface area contributed by atoms with Crippen molar-refractivity contribution in [2.24, 2.45) is 10.2 Å². The fourth-order valence-electron chi connectivity index (χ4n) is 2.04. The van der Waals surface area contributed by atoms with E-state index in [2.05, 4.69) is 32.8 Å². The molecule has 0 radical (unpaired) electrons. The first-order chi connectivity index (χ1) is 13.1. The smallest absolute Gasteiger partial charge is 0.331 e. The maximum absolute atomic E-state index is 11.7. The lowest BCUT2D eigenvalue weighted by molar-refractivity contribution is -0.135. The molecule has 1 aromatic rings. The van der Waals surface area contributed by atoms with E-state index in [0.29, 0.717) is 12.2 Å². The summed E-state index contributed by atoms with van der Waals surface area (Å²) in [5.41, 5.74) is 1.72. The third kappa shape index (κ3) is 5.87. The number of hydrogen-bond donors (Lipinski definition) is 1. The predicted octanol–water partition coefficient (Wildman–Crippen LogP) is 2.04. The van der Waals surface area contributed by atoms with Crippen LogP contribution < -0.4 is 10.1 Å². The summed E-state index contributed by atoms with van der Waals surface area (Å²) in [5.74, 6) is 2.07. The first-order valence-electron chi connectivity index (χ1n) is 7.77. The Balaban J connectivity index is 2.10. The number of rotatable bonds is 7. The second kappa shape index (κ2) is 9.99. The molecule has 1 aromatic carbocycles. The van der Waals surface area contributed by atoms with Gasteiger partial charge in [-0.1, -0.05) is 12.0 Å². The van der Waals surface area contributed by atoms with E-state index in [1.807, 2.05) is 12.1 Å². The summed E-state index contributed by atoms with van der Waals surface area (Å²) in [7, 11) is 1.24. The molecule has 0 saturated carbocycles. The lowest BCUT2D eigenvalue weighted by Crippen LogP contribution is -2.19.